The minimum Gasteiger partial charge on any atom is -0.314 e. The zero-order valence-corrected chi connectivity index (χ0v) is 12.9. The summed E-state index contributed by atoms with van der Waals surface area (Å²) in [5, 5.41) is 3.81. The fraction of sp³-hybridized carbons (Fsp3) is 0.625. The van der Waals surface area contributed by atoms with Crippen LogP contribution in [-0.2, 0) is 6.42 Å². The van der Waals surface area contributed by atoms with E-state index in [1.54, 1.807) is 6.07 Å². The van der Waals surface area contributed by atoms with Crippen LogP contribution in [0.3, 0.4) is 0 Å². The lowest BCUT2D eigenvalue weighted by Gasteiger charge is -2.20. The largest absolute Gasteiger partial charge is 0.314 e. The molecule has 0 radical (unpaired) electrons. The van der Waals surface area contributed by atoms with Gasteiger partial charge in [-0.15, -0.1) is 0 Å². The van der Waals surface area contributed by atoms with E-state index in [1.807, 2.05) is 6.07 Å². The first-order chi connectivity index (χ1) is 9.04. The van der Waals surface area contributed by atoms with Gasteiger partial charge in [-0.3, -0.25) is 0 Å². The molecule has 1 nitrogen and oxygen atoms in total. The number of halogens is 2. The zero-order valence-electron chi connectivity index (χ0n) is 12.2. The molecule has 1 atom stereocenters. The number of nitrogens with one attached hydrogen (secondary N) is 1. The molecule has 108 valence electrons. The van der Waals surface area contributed by atoms with Gasteiger partial charge in [-0.05, 0) is 49.8 Å². The van der Waals surface area contributed by atoms with Crippen molar-refractivity contribution in [3.05, 3.63) is 34.6 Å². The second kappa shape index (κ2) is 8.55. The molecule has 0 bridgehead atoms. The molecular formula is C16H25ClFN. The maximum atomic E-state index is 13.4. The van der Waals surface area contributed by atoms with E-state index >= 15 is 0 Å². The van der Waals surface area contributed by atoms with Crippen LogP contribution in [0.2, 0.25) is 5.02 Å². The number of rotatable bonds is 8. The van der Waals surface area contributed by atoms with E-state index in [2.05, 4.69) is 26.1 Å². The van der Waals surface area contributed by atoms with Crippen molar-refractivity contribution in [3.63, 3.8) is 0 Å². The number of hydrogen-bond donors (Lipinski definition) is 1. The van der Waals surface area contributed by atoms with Crippen molar-refractivity contribution in [2.75, 3.05) is 6.54 Å². The molecule has 1 aromatic carbocycles. The van der Waals surface area contributed by atoms with Crippen LogP contribution in [-0.4, -0.2) is 12.6 Å². The molecule has 0 fully saturated rings. The Hall–Kier alpha value is -0.600. The van der Waals surface area contributed by atoms with Crippen LogP contribution in [0, 0.1) is 11.7 Å². The predicted molar refractivity (Wildman–Crippen MR) is 81.3 cm³/mol. The third-order valence-corrected chi connectivity index (χ3v) is 3.70. The predicted octanol–water partition coefficient (Wildman–Crippen LogP) is 4.83. The molecule has 1 rings (SSSR count). The minimum absolute atomic E-state index is 0.273. The Morgan fingerprint density at radius 2 is 2.00 bits per heavy atom. The van der Waals surface area contributed by atoms with Crippen LogP contribution in [0.1, 0.15) is 45.6 Å². The summed E-state index contributed by atoms with van der Waals surface area (Å²) in [5.74, 6) is 0.367. The zero-order chi connectivity index (χ0) is 14.3. The highest BCUT2D eigenvalue weighted by Gasteiger charge is 2.13. The molecule has 0 aromatic heterocycles. The van der Waals surface area contributed by atoms with Crippen LogP contribution >= 0.6 is 11.6 Å². The summed E-state index contributed by atoms with van der Waals surface area (Å²) in [6.07, 6.45) is 4.18. The van der Waals surface area contributed by atoms with Gasteiger partial charge in [-0.1, -0.05) is 44.5 Å². The number of benzene rings is 1. The summed E-state index contributed by atoms with van der Waals surface area (Å²) in [4.78, 5) is 0. The van der Waals surface area contributed by atoms with Crippen LogP contribution in [0.25, 0.3) is 0 Å². The van der Waals surface area contributed by atoms with E-state index < -0.39 is 0 Å². The van der Waals surface area contributed by atoms with Crippen LogP contribution < -0.4 is 5.32 Å². The monoisotopic (exact) mass is 285 g/mol. The first kappa shape index (κ1) is 16.5. The Morgan fingerprint density at radius 3 is 2.63 bits per heavy atom. The smallest absolute Gasteiger partial charge is 0.142 e. The minimum atomic E-state index is -0.322. The molecular weight excluding hydrogens is 261 g/mol. The lowest BCUT2D eigenvalue weighted by molar-refractivity contribution is 0.427. The number of hydrogen-bond acceptors (Lipinski definition) is 1. The topological polar surface area (TPSA) is 12.0 Å². The van der Waals surface area contributed by atoms with Gasteiger partial charge in [0.2, 0.25) is 0 Å². The standard InChI is InChI=1S/C16H25ClFN/c1-4-10-19-14(9-8-12(2)3)11-13-6-5-7-15(18)16(13)17/h5-7,12,14,19H,4,8-11H2,1-3H3. The SMILES string of the molecule is CCCNC(CCC(C)C)Cc1cccc(F)c1Cl. The molecule has 1 unspecified atom stereocenters. The Labute approximate surface area is 121 Å². The van der Waals surface area contributed by atoms with Crippen molar-refractivity contribution < 1.29 is 4.39 Å². The second-order valence-electron chi connectivity index (χ2n) is 5.54. The van der Waals surface area contributed by atoms with Crippen molar-refractivity contribution in [1.29, 1.82) is 0 Å². The highest BCUT2D eigenvalue weighted by molar-refractivity contribution is 6.31. The van der Waals surface area contributed by atoms with E-state index in [-0.39, 0.29) is 10.8 Å². The quantitative estimate of drug-likeness (QED) is 0.722. The van der Waals surface area contributed by atoms with E-state index in [4.69, 9.17) is 11.6 Å². The third-order valence-electron chi connectivity index (χ3n) is 3.27. The van der Waals surface area contributed by atoms with E-state index in [0.717, 1.165) is 31.4 Å². The first-order valence-electron chi connectivity index (χ1n) is 7.20. The molecule has 19 heavy (non-hydrogen) atoms. The fourth-order valence-corrected chi connectivity index (χ4v) is 2.33. The fourth-order valence-electron chi connectivity index (χ4n) is 2.13. The Bertz CT molecular complexity index is 379. The van der Waals surface area contributed by atoms with Crippen molar-refractivity contribution in [3.8, 4) is 0 Å². The van der Waals surface area contributed by atoms with Crippen LogP contribution in [0.5, 0.6) is 0 Å². The molecule has 0 spiro atoms. The van der Waals surface area contributed by atoms with Gasteiger partial charge in [-0.25, -0.2) is 4.39 Å². The Morgan fingerprint density at radius 1 is 1.26 bits per heavy atom. The van der Waals surface area contributed by atoms with Crippen molar-refractivity contribution in [1.82, 2.24) is 5.32 Å². The summed E-state index contributed by atoms with van der Waals surface area (Å²) >= 11 is 6.03. The molecule has 0 heterocycles. The van der Waals surface area contributed by atoms with Gasteiger partial charge in [0.25, 0.3) is 0 Å². The summed E-state index contributed by atoms with van der Waals surface area (Å²) in [6, 6.07) is 5.44. The van der Waals surface area contributed by atoms with Crippen molar-refractivity contribution >= 4 is 11.6 Å². The maximum absolute atomic E-state index is 13.4. The van der Waals surface area contributed by atoms with E-state index in [9.17, 15) is 4.39 Å². The van der Waals surface area contributed by atoms with Crippen LogP contribution in [0.4, 0.5) is 4.39 Å². The molecule has 0 saturated carbocycles. The molecule has 0 aliphatic rings. The molecule has 0 saturated heterocycles. The normalized spacial score (nSPS) is 12.9. The van der Waals surface area contributed by atoms with Gasteiger partial charge in [0.1, 0.15) is 5.82 Å². The molecule has 3 heteroatoms. The molecule has 0 aliphatic heterocycles. The first-order valence-corrected chi connectivity index (χ1v) is 7.58. The van der Waals surface area contributed by atoms with Gasteiger partial charge in [0.15, 0.2) is 0 Å². The Balaban J connectivity index is 2.66. The van der Waals surface area contributed by atoms with Crippen LogP contribution in [0.15, 0.2) is 18.2 Å². The average molecular weight is 286 g/mol. The van der Waals surface area contributed by atoms with Gasteiger partial charge in [-0.2, -0.15) is 0 Å². The highest BCUT2D eigenvalue weighted by Crippen LogP contribution is 2.22. The lowest BCUT2D eigenvalue weighted by Crippen LogP contribution is -2.32. The second-order valence-corrected chi connectivity index (χ2v) is 5.92. The summed E-state index contributed by atoms with van der Waals surface area (Å²) < 4.78 is 13.4. The van der Waals surface area contributed by atoms with Crippen molar-refractivity contribution in [2.45, 2.75) is 52.5 Å². The third kappa shape index (κ3) is 5.92. The lowest BCUT2D eigenvalue weighted by atomic mass is 9.97. The van der Waals surface area contributed by atoms with Gasteiger partial charge < -0.3 is 5.32 Å². The Kier molecular flexibility index (Phi) is 7.40. The van der Waals surface area contributed by atoms with E-state index in [0.29, 0.717) is 12.0 Å². The molecule has 0 amide bonds. The average Bonchev–Trinajstić information content (AvgIpc) is 2.37. The molecule has 1 N–H and O–H groups in total. The summed E-state index contributed by atoms with van der Waals surface area (Å²) in [5.41, 5.74) is 0.902. The molecule has 1 aromatic rings. The highest BCUT2D eigenvalue weighted by atomic mass is 35.5. The summed E-state index contributed by atoms with van der Waals surface area (Å²) in [6.45, 7) is 7.61. The van der Waals surface area contributed by atoms with Gasteiger partial charge in [0, 0.05) is 6.04 Å². The van der Waals surface area contributed by atoms with Gasteiger partial charge >= 0.3 is 0 Å². The summed E-state index contributed by atoms with van der Waals surface area (Å²) in [7, 11) is 0. The van der Waals surface area contributed by atoms with Gasteiger partial charge in [0.05, 0.1) is 5.02 Å². The molecule has 0 aliphatic carbocycles. The van der Waals surface area contributed by atoms with Crippen molar-refractivity contribution in [2.24, 2.45) is 5.92 Å². The maximum Gasteiger partial charge on any atom is 0.142 e. The van der Waals surface area contributed by atoms with E-state index in [1.165, 1.54) is 12.5 Å².